The van der Waals surface area contributed by atoms with Crippen LogP contribution in [0.1, 0.15) is 23.8 Å². The van der Waals surface area contributed by atoms with E-state index in [1.165, 1.54) is 6.39 Å². The van der Waals surface area contributed by atoms with Gasteiger partial charge in [0.15, 0.2) is 12.2 Å². The highest BCUT2D eigenvalue weighted by Gasteiger charge is 2.37. The van der Waals surface area contributed by atoms with Gasteiger partial charge in [-0.2, -0.15) is 0 Å². The maximum Gasteiger partial charge on any atom is 0.180 e. The summed E-state index contributed by atoms with van der Waals surface area (Å²) in [6.07, 6.45) is 3.67. The van der Waals surface area contributed by atoms with Crippen molar-refractivity contribution in [3.05, 3.63) is 54.2 Å². The molecular formula is C16H19NO4. The summed E-state index contributed by atoms with van der Waals surface area (Å²) in [6.45, 7) is 1.07. The average molecular weight is 289 g/mol. The third-order valence-electron chi connectivity index (χ3n) is 3.67. The van der Waals surface area contributed by atoms with Crippen molar-refractivity contribution in [3.8, 4) is 0 Å². The van der Waals surface area contributed by atoms with Crippen LogP contribution in [0.3, 0.4) is 0 Å². The van der Waals surface area contributed by atoms with Crippen LogP contribution in [0.4, 0.5) is 0 Å². The summed E-state index contributed by atoms with van der Waals surface area (Å²) in [4.78, 5) is 3.93. The molecule has 2 aromatic rings. The van der Waals surface area contributed by atoms with E-state index in [-0.39, 0.29) is 18.3 Å². The molecule has 5 heteroatoms. The van der Waals surface area contributed by atoms with Crippen LogP contribution in [0.2, 0.25) is 0 Å². The topological polar surface area (TPSA) is 53.7 Å². The Morgan fingerprint density at radius 1 is 1.29 bits per heavy atom. The summed E-state index contributed by atoms with van der Waals surface area (Å²) < 4.78 is 22.5. The molecule has 0 spiro atoms. The number of nitrogens with zero attached hydrogens (tertiary/aromatic N) is 1. The van der Waals surface area contributed by atoms with Gasteiger partial charge in [0.1, 0.15) is 12.2 Å². The van der Waals surface area contributed by atoms with E-state index in [1.54, 1.807) is 13.3 Å². The number of hydrogen-bond donors (Lipinski definition) is 0. The van der Waals surface area contributed by atoms with Crippen molar-refractivity contribution in [1.82, 2.24) is 4.98 Å². The van der Waals surface area contributed by atoms with Crippen molar-refractivity contribution in [2.24, 2.45) is 0 Å². The van der Waals surface area contributed by atoms with E-state index in [1.807, 2.05) is 30.3 Å². The Hall–Kier alpha value is -1.69. The first-order chi connectivity index (χ1) is 10.4. The Morgan fingerprint density at radius 2 is 2.14 bits per heavy atom. The van der Waals surface area contributed by atoms with Gasteiger partial charge in [0.2, 0.25) is 0 Å². The molecule has 1 fully saturated rings. The van der Waals surface area contributed by atoms with Crippen LogP contribution >= 0.6 is 0 Å². The molecule has 1 saturated heterocycles. The molecule has 0 unspecified atom stereocenters. The van der Waals surface area contributed by atoms with Gasteiger partial charge in [-0.1, -0.05) is 30.3 Å². The Kier molecular flexibility index (Phi) is 4.65. The molecule has 0 saturated carbocycles. The predicted molar refractivity (Wildman–Crippen MR) is 75.6 cm³/mol. The van der Waals surface area contributed by atoms with E-state index in [9.17, 15) is 0 Å². The van der Waals surface area contributed by atoms with Crippen LogP contribution in [0.25, 0.3) is 0 Å². The molecule has 0 N–H and O–H groups in total. The van der Waals surface area contributed by atoms with Crippen molar-refractivity contribution >= 4 is 0 Å². The molecule has 1 aliphatic heterocycles. The molecule has 3 atom stereocenters. The lowest BCUT2D eigenvalue weighted by atomic mass is 10.1. The Morgan fingerprint density at radius 3 is 2.86 bits per heavy atom. The zero-order valence-corrected chi connectivity index (χ0v) is 12.0. The first kappa shape index (κ1) is 14.3. The number of rotatable bonds is 6. The Bertz CT molecular complexity index is 528. The maximum absolute atomic E-state index is 5.96. The van der Waals surface area contributed by atoms with Crippen molar-refractivity contribution < 1.29 is 18.6 Å². The van der Waals surface area contributed by atoms with Crippen molar-refractivity contribution in [1.29, 1.82) is 0 Å². The first-order valence-corrected chi connectivity index (χ1v) is 7.05. The summed E-state index contributed by atoms with van der Waals surface area (Å²) in [6, 6.07) is 10.1. The standard InChI is InChI=1S/C16H19NO4/c1-18-13-7-14(15-8-17-11-20-15)21-16(13)10-19-9-12-5-3-2-4-6-12/h2-6,8,11,13-14,16H,7,9-10H2,1H3/t13-,14-,16+/m1/s1. The molecule has 1 aliphatic rings. The highest BCUT2D eigenvalue weighted by atomic mass is 16.6. The van der Waals surface area contributed by atoms with Crippen LogP contribution in [-0.2, 0) is 20.8 Å². The van der Waals surface area contributed by atoms with Crippen LogP contribution in [0.15, 0.2) is 47.3 Å². The Labute approximate surface area is 123 Å². The SMILES string of the molecule is CO[C@@H]1C[C@H](c2cnco2)O[C@H]1COCc1ccccc1. The zero-order valence-electron chi connectivity index (χ0n) is 12.0. The summed E-state index contributed by atoms with van der Waals surface area (Å²) in [7, 11) is 1.70. The predicted octanol–water partition coefficient (Wildman–Crippen LogP) is 2.74. The third-order valence-corrected chi connectivity index (χ3v) is 3.67. The summed E-state index contributed by atoms with van der Waals surface area (Å²) in [5, 5.41) is 0. The molecule has 5 nitrogen and oxygen atoms in total. The number of hydrogen-bond acceptors (Lipinski definition) is 5. The van der Waals surface area contributed by atoms with Gasteiger partial charge in [-0.05, 0) is 5.56 Å². The fraction of sp³-hybridized carbons (Fsp3) is 0.438. The molecule has 0 radical (unpaired) electrons. The van der Waals surface area contributed by atoms with Gasteiger partial charge in [-0.15, -0.1) is 0 Å². The summed E-state index contributed by atoms with van der Waals surface area (Å²) in [5.74, 6) is 0.739. The number of oxazole rings is 1. The van der Waals surface area contributed by atoms with Crippen LogP contribution < -0.4 is 0 Å². The molecular weight excluding hydrogens is 270 g/mol. The van der Waals surface area contributed by atoms with E-state index in [0.717, 1.165) is 17.7 Å². The molecule has 112 valence electrons. The largest absolute Gasteiger partial charge is 0.446 e. The minimum Gasteiger partial charge on any atom is -0.446 e. The van der Waals surface area contributed by atoms with E-state index in [0.29, 0.717) is 13.2 Å². The molecule has 1 aromatic carbocycles. The van der Waals surface area contributed by atoms with Crippen molar-refractivity contribution in [3.63, 3.8) is 0 Å². The lowest BCUT2D eigenvalue weighted by Gasteiger charge is -2.17. The van der Waals surface area contributed by atoms with Gasteiger partial charge >= 0.3 is 0 Å². The number of ether oxygens (including phenoxy) is 3. The molecule has 21 heavy (non-hydrogen) atoms. The minimum absolute atomic E-state index is 0.0101. The molecule has 2 heterocycles. The van der Waals surface area contributed by atoms with Gasteiger partial charge in [0.05, 0.1) is 25.5 Å². The number of aromatic nitrogens is 1. The van der Waals surface area contributed by atoms with Gasteiger partial charge in [-0.25, -0.2) is 4.98 Å². The normalized spacial score (nSPS) is 25.3. The minimum atomic E-state index is -0.109. The van der Waals surface area contributed by atoms with Gasteiger partial charge in [-0.3, -0.25) is 0 Å². The van der Waals surface area contributed by atoms with E-state index < -0.39 is 0 Å². The second-order valence-electron chi connectivity index (χ2n) is 5.08. The smallest absolute Gasteiger partial charge is 0.180 e. The summed E-state index contributed by atoms with van der Waals surface area (Å²) >= 11 is 0. The summed E-state index contributed by atoms with van der Waals surface area (Å²) in [5.41, 5.74) is 1.15. The fourth-order valence-corrected chi connectivity index (χ4v) is 2.55. The highest BCUT2D eigenvalue weighted by Crippen LogP contribution is 2.34. The first-order valence-electron chi connectivity index (χ1n) is 7.05. The molecule has 0 bridgehead atoms. The zero-order chi connectivity index (χ0) is 14.5. The van der Waals surface area contributed by atoms with Gasteiger partial charge in [0, 0.05) is 13.5 Å². The van der Waals surface area contributed by atoms with E-state index in [2.05, 4.69) is 4.98 Å². The molecule has 0 aliphatic carbocycles. The second-order valence-corrected chi connectivity index (χ2v) is 5.08. The lowest BCUT2D eigenvalue weighted by Crippen LogP contribution is -2.28. The van der Waals surface area contributed by atoms with Gasteiger partial charge in [0.25, 0.3) is 0 Å². The molecule has 3 rings (SSSR count). The Balaban J connectivity index is 1.52. The van der Waals surface area contributed by atoms with Crippen molar-refractivity contribution in [2.45, 2.75) is 31.3 Å². The fourth-order valence-electron chi connectivity index (χ4n) is 2.55. The van der Waals surface area contributed by atoms with Crippen LogP contribution in [0.5, 0.6) is 0 Å². The number of benzene rings is 1. The second kappa shape index (κ2) is 6.85. The molecule has 0 amide bonds. The monoisotopic (exact) mass is 289 g/mol. The van der Waals surface area contributed by atoms with E-state index >= 15 is 0 Å². The van der Waals surface area contributed by atoms with E-state index in [4.69, 9.17) is 18.6 Å². The quantitative estimate of drug-likeness (QED) is 0.818. The van der Waals surface area contributed by atoms with Gasteiger partial charge < -0.3 is 18.6 Å². The van der Waals surface area contributed by atoms with Crippen LogP contribution in [-0.4, -0.2) is 30.9 Å². The maximum atomic E-state index is 5.96. The highest BCUT2D eigenvalue weighted by molar-refractivity contribution is 5.13. The molecule has 1 aromatic heterocycles. The number of methoxy groups -OCH3 is 1. The van der Waals surface area contributed by atoms with Crippen LogP contribution in [0, 0.1) is 0 Å². The third kappa shape index (κ3) is 3.50. The lowest BCUT2D eigenvalue weighted by molar-refractivity contribution is -0.0610. The van der Waals surface area contributed by atoms with Crippen molar-refractivity contribution in [2.75, 3.05) is 13.7 Å². The average Bonchev–Trinajstić information content (AvgIpc) is 3.17.